The first-order chi connectivity index (χ1) is 7.81. The number of nitrogens with zero attached hydrogens (tertiary/aromatic N) is 3. The molecule has 0 bridgehead atoms. The molecule has 90 valence electrons. The molecular formula is C10H18N4OS. The summed E-state index contributed by atoms with van der Waals surface area (Å²) in [7, 11) is 0. The quantitative estimate of drug-likeness (QED) is 0.854. The average Bonchev–Trinajstić information content (AvgIpc) is 2.75. The molecular weight excluding hydrogens is 224 g/mol. The minimum atomic E-state index is 0.478. The molecule has 0 amide bonds. The standard InChI is InChI=1S/C10H18N4OS/c1-3-11-6-9-12-13-10(15-9)14-4-5-16-7-8(14)2/h8,11H,3-7H2,1-2H3. The van der Waals surface area contributed by atoms with E-state index >= 15 is 0 Å². The molecule has 0 radical (unpaired) electrons. The number of aromatic nitrogens is 2. The fourth-order valence-electron chi connectivity index (χ4n) is 1.68. The molecule has 0 spiro atoms. The molecule has 1 atom stereocenters. The van der Waals surface area contributed by atoms with Gasteiger partial charge in [-0.25, -0.2) is 0 Å². The molecule has 2 rings (SSSR count). The topological polar surface area (TPSA) is 54.2 Å². The van der Waals surface area contributed by atoms with Crippen LogP contribution in [0.15, 0.2) is 4.42 Å². The van der Waals surface area contributed by atoms with Crippen LogP contribution < -0.4 is 10.2 Å². The van der Waals surface area contributed by atoms with E-state index in [0.717, 1.165) is 24.6 Å². The summed E-state index contributed by atoms with van der Waals surface area (Å²) in [6.45, 7) is 6.81. The smallest absolute Gasteiger partial charge is 0.318 e. The average molecular weight is 242 g/mol. The SMILES string of the molecule is CCNCc1nnc(N2CCSCC2C)o1. The molecule has 6 heteroatoms. The Morgan fingerprint density at radius 2 is 2.44 bits per heavy atom. The highest BCUT2D eigenvalue weighted by atomic mass is 32.2. The molecule has 5 nitrogen and oxygen atoms in total. The Bertz CT molecular complexity index is 330. The number of hydrogen-bond acceptors (Lipinski definition) is 6. The maximum Gasteiger partial charge on any atom is 0.318 e. The summed E-state index contributed by atoms with van der Waals surface area (Å²) < 4.78 is 5.63. The fourth-order valence-corrected chi connectivity index (χ4v) is 2.69. The van der Waals surface area contributed by atoms with Gasteiger partial charge >= 0.3 is 6.01 Å². The second-order valence-electron chi connectivity index (χ2n) is 3.88. The molecule has 1 aliphatic heterocycles. The lowest BCUT2D eigenvalue weighted by Crippen LogP contribution is -2.40. The van der Waals surface area contributed by atoms with Crippen LogP contribution in [0.25, 0.3) is 0 Å². The third-order valence-corrected chi connectivity index (χ3v) is 3.79. The Morgan fingerprint density at radius 1 is 1.56 bits per heavy atom. The van der Waals surface area contributed by atoms with Gasteiger partial charge in [0.15, 0.2) is 0 Å². The number of anilines is 1. The molecule has 0 saturated carbocycles. The monoisotopic (exact) mass is 242 g/mol. The lowest BCUT2D eigenvalue weighted by Gasteiger charge is -2.31. The predicted octanol–water partition coefficient (Wildman–Crippen LogP) is 1.12. The van der Waals surface area contributed by atoms with E-state index in [1.54, 1.807) is 0 Å². The highest BCUT2D eigenvalue weighted by molar-refractivity contribution is 7.99. The van der Waals surface area contributed by atoms with Crippen LogP contribution in [0.1, 0.15) is 19.7 Å². The molecule has 1 aliphatic rings. The van der Waals surface area contributed by atoms with Gasteiger partial charge < -0.3 is 14.6 Å². The van der Waals surface area contributed by atoms with E-state index in [4.69, 9.17) is 4.42 Å². The first-order valence-corrected chi connectivity index (χ1v) is 6.84. The molecule has 0 aliphatic carbocycles. The maximum absolute atomic E-state index is 5.63. The van der Waals surface area contributed by atoms with Gasteiger partial charge in [-0.3, -0.25) is 0 Å². The summed E-state index contributed by atoms with van der Waals surface area (Å²) in [6, 6.07) is 1.15. The largest absolute Gasteiger partial charge is 0.407 e. The highest BCUT2D eigenvalue weighted by Gasteiger charge is 2.23. The van der Waals surface area contributed by atoms with E-state index in [1.807, 2.05) is 11.8 Å². The van der Waals surface area contributed by atoms with Crippen LogP contribution in [0.2, 0.25) is 0 Å². The molecule has 16 heavy (non-hydrogen) atoms. The second-order valence-corrected chi connectivity index (χ2v) is 5.03. The van der Waals surface area contributed by atoms with Crippen LogP contribution in [-0.4, -0.2) is 40.8 Å². The van der Waals surface area contributed by atoms with Gasteiger partial charge in [-0.1, -0.05) is 12.0 Å². The third kappa shape index (κ3) is 2.68. The lowest BCUT2D eigenvalue weighted by atomic mass is 10.3. The zero-order valence-electron chi connectivity index (χ0n) is 9.77. The van der Waals surface area contributed by atoms with Crippen molar-refractivity contribution in [1.82, 2.24) is 15.5 Å². The predicted molar refractivity (Wildman–Crippen MR) is 65.8 cm³/mol. The summed E-state index contributed by atoms with van der Waals surface area (Å²) in [6.07, 6.45) is 0. The normalized spacial score (nSPS) is 21.4. The zero-order chi connectivity index (χ0) is 11.4. The van der Waals surface area contributed by atoms with Gasteiger partial charge in [0.2, 0.25) is 5.89 Å². The van der Waals surface area contributed by atoms with Crippen molar-refractivity contribution in [2.24, 2.45) is 0 Å². The van der Waals surface area contributed by atoms with Crippen molar-refractivity contribution < 1.29 is 4.42 Å². The lowest BCUT2D eigenvalue weighted by molar-refractivity contribution is 0.456. The Labute approximate surface area is 100.0 Å². The van der Waals surface area contributed by atoms with E-state index < -0.39 is 0 Å². The third-order valence-electron chi connectivity index (χ3n) is 2.60. The van der Waals surface area contributed by atoms with Gasteiger partial charge in [-0.2, -0.15) is 11.8 Å². The van der Waals surface area contributed by atoms with Crippen molar-refractivity contribution in [2.75, 3.05) is 29.5 Å². The number of rotatable bonds is 4. The van der Waals surface area contributed by atoms with Gasteiger partial charge in [-0.15, -0.1) is 5.10 Å². The first kappa shape index (κ1) is 11.7. The molecule has 1 saturated heterocycles. The van der Waals surface area contributed by atoms with Gasteiger partial charge in [0.05, 0.1) is 6.54 Å². The van der Waals surface area contributed by atoms with E-state index in [9.17, 15) is 0 Å². The van der Waals surface area contributed by atoms with Crippen LogP contribution in [0.4, 0.5) is 6.01 Å². The summed E-state index contributed by atoms with van der Waals surface area (Å²) in [4.78, 5) is 2.19. The summed E-state index contributed by atoms with van der Waals surface area (Å²) in [5.74, 6) is 2.93. The molecule has 1 aromatic rings. The van der Waals surface area contributed by atoms with Crippen LogP contribution in [0.5, 0.6) is 0 Å². The Hall–Kier alpha value is -0.750. The van der Waals surface area contributed by atoms with Gasteiger partial charge in [-0.05, 0) is 13.5 Å². The molecule has 1 fully saturated rings. The molecule has 0 aromatic carbocycles. The molecule has 1 N–H and O–H groups in total. The van der Waals surface area contributed by atoms with Crippen molar-refractivity contribution in [3.8, 4) is 0 Å². The number of nitrogens with one attached hydrogen (secondary N) is 1. The highest BCUT2D eigenvalue weighted by Crippen LogP contribution is 2.22. The summed E-state index contributed by atoms with van der Waals surface area (Å²) >= 11 is 1.98. The Balaban J connectivity index is 1.99. The van der Waals surface area contributed by atoms with Gasteiger partial charge in [0, 0.05) is 24.1 Å². The van der Waals surface area contributed by atoms with E-state index in [0.29, 0.717) is 24.5 Å². The molecule has 1 aromatic heterocycles. The maximum atomic E-state index is 5.63. The van der Waals surface area contributed by atoms with Crippen molar-refractivity contribution in [1.29, 1.82) is 0 Å². The van der Waals surface area contributed by atoms with Crippen LogP contribution in [-0.2, 0) is 6.54 Å². The summed E-state index contributed by atoms with van der Waals surface area (Å²) in [5.41, 5.74) is 0. The molecule has 1 unspecified atom stereocenters. The number of thioether (sulfide) groups is 1. The first-order valence-electron chi connectivity index (χ1n) is 5.68. The second kappa shape index (κ2) is 5.54. The van der Waals surface area contributed by atoms with Crippen molar-refractivity contribution in [3.05, 3.63) is 5.89 Å². The van der Waals surface area contributed by atoms with Crippen molar-refractivity contribution >= 4 is 17.8 Å². The molecule has 2 heterocycles. The van der Waals surface area contributed by atoms with Crippen LogP contribution >= 0.6 is 11.8 Å². The Kier molecular flexibility index (Phi) is 4.06. The van der Waals surface area contributed by atoms with Crippen molar-refractivity contribution in [2.45, 2.75) is 26.4 Å². The Morgan fingerprint density at radius 3 is 3.19 bits per heavy atom. The van der Waals surface area contributed by atoms with E-state index in [-0.39, 0.29) is 0 Å². The van der Waals surface area contributed by atoms with Crippen LogP contribution in [0.3, 0.4) is 0 Å². The zero-order valence-corrected chi connectivity index (χ0v) is 10.6. The van der Waals surface area contributed by atoms with Gasteiger partial charge in [0.1, 0.15) is 0 Å². The summed E-state index contributed by atoms with van der Waals surface area (Å²) in [5, 5.41) is 11.3. The van der Waals surface area contributed by atoms with Gasteiger partial charge in [0.25, 0.3) is 0 Å². The number of hydrogen-bond donors (Lipinski definition) is 1. The van der Waals surface area contributed by atoms with Crippen LogP contribution in [0, 0.1) is 0 Å². The minimum Gasteiger partial charge on any atom is -0.407 e. The van der Waals surface area contributed by atoms with E-state index in [2.05, 4.69) is 34.3 Å². The minimum absolute atomic E-state index is 0.478. The van der Waals surface area contributed by atoms with Crippen molar-refractivity contribution in [3.63, 3.8) is 0 Å². The fraction of sp³-hybridized carbons (Fsp3) is 0.800. The van der Waals surface area contributed by atoms with E-state index in [1.165, 1.54) is 0 Å².